The first-order valence-corrected chi connectivity index (χ1v) is 10.7. The van der Waals surface area contributed by atoms with Gasteiger partial charge in [-0.2, -0.15) is 8.42 Å². The maximum absolute atomic E-state index is 12.2. The maximum Gasteiger partial charge on any atom is 0.422 e. The summed E-state index contributed by atoms with van der Waals surface area (Å²) >= 11 is 0. The van der Waals surface area contributed by atoms with E-state index in [1.54, 1.807) is 24.3 Å². The Labute approximate surface area is 162 Å². The van der Waals surface area contributed by atoms with Gasteiger partial charge in [0.2, 0.25) is 0 Å². The topological polar surface area (TPSA) is 84.9 Å². The molecule has 1 aromatic rings. The molecule has 1 N–H and O–H groups in total. The van der Waals surface area contributed by atoms with E-state index in [9.17, 15) is 13.2 Å². The van der Waals surface area contributed by atoms with Gasteiger partial charge in [-0.05, 0) is 65.0 Å². The second-order valence-corrected chi connectivity index (χ2v) is 9.54. The molecule has 1 fully saturated rings. The van der Waals surface area contributed by atoms with Gasteiger partial charge in [-0.1, -0.05) is 17.7 Å². The van der Waals surface area contributed by atoms with Crippen LogP contribution in [0.4, 0.5) is 4.79 Å². The third-order valence-corrected chi connectivity index (χ3v) is 5.66. The van der Waals surface area contributed by atoms with E-state index in [0.717, 1.165) is 18.4 Å². The van der Waals surface area contributed by atoms with Gasteiger partial charge in [0.1, 0.15) is 5.60 Å². The number of hydrogen-bond acceptors (Lipinski definition) is 6. The summed E-state index contributed by atoms with van der Waals surface area (Å²) in [6.45, 7) is 8.95. The monoisotopic (exact) mass is 398 g/mol. The molecule has 1 aliphatic rings. The van der Waals surface area contributed by atoms with Crippen LogP contribution < -0.4 is 5.43 Å². The van der Waals surface area contributed by atoms with Crippen molar-refractivity contribution in [2.75, 3.05) is 19.7 Å². The summed E-state index contributed by atoms with van der Waals surface area (Å²) < 4.78 is 34.8. The Morgan fingerprint density at radius 1 is 1.19 bits per heavy atom. The van der Waals surface area contributed by atoms with Crippen LogP contribution in [-0.4, -0.2) is 44.8 Å². The Morgan fingerprint density at radius 3 is 2.33 bits per heavy atom. The predicted octanol–water partition coefficient (Wildman–Crippen LogP) is 3.24. The van der Waals surface area contributed by atoms with E-state index in [2.05, 4.69) is 5.43 Å². The first-order valence-electron chi connectivity index (χ1n) is 9.26. The summed E-state index contributed by atoms with van der Waals surface area (Å²) in [4.78, 5) is 12.0. The summed E-state index contributed by atoms with van der Waals surface area (Å²) in [5.74, 6) is 0.370. The number of nitrogens with zero attached hydrogens (tertiary/aromatic N) is 1. The molecule has 1 heterocycles. The fourth-order valence-corrected chi connectivity index (χ4v) is 3.78. The summed E-state index contributed by atoms with van der Waals surface area (Å²) in [7, 11) is -3.71. The summed E-state index contributed by atoms with van der Waals surface area (Å²) in [5, 5.41) is 1.84. The molecule has 7 nitrogen and oxygen atoms in total. The highest BCUT2D eigenvalue weighted by Gasteiger charge is 2.24. The van der Waals surface area contributed by atoms with E-state index in [1.165, 1.54) is 0 Å². The standard InChI is InChI=1S/C19H30N2O5S/c1-15-5-7-17(8-6-15)27(23,24)25-14-11-16-9-12-21(13-10-16)20-18(22)26-19(2,3)4/h5-8,16H,9-14H2,1-4H3,(H,20,22). The van der Waals surface area contributed by atoms with Crippen molar-refractivity contribution >= 4 is 16.2 Å². The van der Waals surface area contributed by atoms with Gasteiger partial charge in [-0.25, -0.2) is 9.80 Å². The normalized spacial score (nSPS) is 16.9. The van der Waals surface area contributed by atoms with Gasteiger partial charge < -0.3 is 4.74 Å². The van der Waals surface area contributed by atoms with Crippen LogP contribution in [0.25, 0.3) is 0 Å². The number of rotatable bonds is 6. The van der Waals surface area contributed by atoms with E-state index in [0.29, 0.717) is 25.4 Å². The van der Waals surface area contributed by atoms with Gasteiger partial charge in [-0.15, -0.1) is 0 Å². The van der Waals surface area contributed by atoms with Crippen LogP contribution in [0.5, 0.6) is 0 Å². The molecule has 152 valence electrons. The highest BCUT2D eigenvalue weighted by Crippen LogP contribution is 2.21. The van der Waals surface area contributed by atoms with Crippen LogP contribution in [0.15, 0.2) is 29.2 Å². The number of carbonyl (C=O) groups excluding carboxylic acids is 1. The molecule has 27 heavy (non-hydrogen) atoms. The number of nitrogens with one attached hydrogen (secondary N) is 1. The molecule has 0 spiro atoms. The molecule has 0 bridgehead atoms. The van der Waals surface area contributed by atoms with E-state index >= 15 is 0 Å². The molecule has 0 radical (unpaired) electrons. The Kier molecular flexibility index (Phi) is 7.25. The van der Waals surface area contributed by atoms with E-state index in [4.69, 9.17) is 8.92 Å². The molecule has 1 saturated heterocycles. The van der Waals surface area contributed by atoms with Crippen molar-refractivity contribution in [1.82, 2.24) is 10.4 Å². The minimum Gasteiger partial charge on any atom is -0.443 e. The lowest BCUT2D eigenvalue weighted by Gasteiger charge is -2.32. The lowest BCUT2D eigenvalue weighted by atomic mass is 9.95. The highest BCUT2D eigenvalue weighted by molar-refractivity contribution is 7.86. The van der Waals surface area contributed by atoms with Gasteiger partial charge in [0.25, 0.3) is 10.1 Å². The van der Waals surface area contributed by atoms with Crippen LogP contribution >= 0.6 is 0 Å². The molecule has 1 amide bonds. The van der Waals surface area contributed by atoms with Crippen LogP contribution in [0.1, 0.15) is 45.6 Å². The highest BCUT2D eigenvalue weighted by atomic mass is 32.2. The molecule has 0 saturated carbocycles. The molecule has 0 unspecified atom stereocenters. The minimum atomic E-state index is -3.71. The minimum absolute atomic E-state index is 0.167. The van der Waals surface area contributed by atoms with Gasteiger partial charge in [0.05, 0.1) is 11.5 Å². The van der Waals surface area contributed by atoms with Gasteiger partial charge >= 0.3 is 6.09 Å². The molecule has 2 rings (SSSR count). The first-order chi connectivity index (χ1) is 12.5. The zero-order valence-electron chi connectivity index (χ0n) is 16.5. The predicted molar refractivity (Wildman–Crippen MR) is 103 cm³/mol. The quantitative estimate of drug-likeness (QED) is 0.741. The number of hydrogen-bond donors (Lipinski definition) is 1. The average molecular weight is 399 g/mol. The Balaban J connectivity index is 1.70. The molecule has 0 aromatic heterocycles. The lowest BCUT2D eigenvalue weighted by Crippen LogP contribution is -2.48. The number of ether oxygens (including phenoxy) is 1. The largest absolute Gasteiger partial charge is 0.443 e. The maximum atomic E-state index is 12.2. The van der Waals surface area contributed by atoms with Crippen molar-refractivity contribution in [1.29, 1.82) is 0 Å². The summed E-state index contributed by atoms with van der Waals surface area (Å²) in [6.07, 6.45) is 1.95. The van der Waals surface area contributed by atoms with Crippen molar-refractivity contribution in [2.24, 2.45) is 5.92 Å². The molecular weight excluding hydrogens is 368 g/mol. The fraction of sp³-hybridized carbons (Fsp3) is 0.632. The Bertz CT molecular complexity index is 717. The molecule has 1 aromatic carbocycles. The lowest BCUT2D eigenvalue weighted by molar-refractivity contribution is 0.0256. The number of amides is 1. The van der Waals surface area contributed by atoms with Crippen LogP contribution in [0.3, 0.4) is 0 Å². The Morgan fingerprint density at radius 2 is 1.78 bits per heavy atom. The molecular formula is C19H30N2O5S. The van der Waals surface area contributed by atoms with E-state index in [1.807, 2.05) is 32.7 Å². The average Bonchev–Trinajstić information content (AvgIpc) is 2.55. The van der Waals surface area contributed by atoms with Crippen LogP contribution in [-0.2, 0) is 19.0 Å². The van der Waals surface area contributed by atoms with Crippen molar-refractivity contribution in [3.8, 4) is 0 Å². The van der Waals surface area contributed by atoms with Crippen molar-refractivity contribution < 1.29 is 22.1 Å². The number of piperidine rings is 1. The van der Waals surface area contributed by atoms with Crippen LogP contribution in [0.2, 0.25) is 0 Å². The SMILES string of the molecule is Cc1ccc(S(=O)(=O)OCCC2CCN(NC(=O)OC(C)(C)C)CC2)cc1. The molecule has 1 aliphatic heterocycles. The zero-order valence-corrected chi connectivity index (χ0v) is 17.3. The number of hydrazine groups is 1. The summed E-state index contributed by atoms with van der Waals surface area (Å²) in [5.41, 5.74) is 3.22. The van der Waals surface area contributed by atoms with E-state index < -0.39 is 21.8 Å². The second-order valence-electron chi connectivity index (χ2n) is 7.92. The number of aryl methyl sites for hydroxylation is 1. The van der Waals surface area contributed by atoms with Crippen molar-refractivity contribution in [3.05, 3.63) is 29.8 Å². The molecule has 8 heteroatoms. The third-order valence-electron chi connectivity index (χ3n) is 4.34. The smallest absolute Gasteiger partial charge is 0.422 e. The molecule has 0 aliphatic carbocycles. The summed E-state index contributed by atoms with van der Waals surface area (Å²) in [6, 6.07) is 6.63. The van der Waals surface area contributed by atoms with E-state index in [-0.39, 0.29) is 11.5 Å². The van der Waals surface area contributed by atoms with Crippen molar-refractivity contribution in [2.45, 2.75) is 57.5 Å². The van der Waals surface area contributed by atoms with Crippen molar-refractivity contribution in [3.63, 3.8) is 0 Å². The third kappa shape index (κ3) is 7.48. The van der Waals surface area contributed by atoms with Gasteiger partial charge in [0.15, 0.2) is 0 Å². The second kappa shape index (κ2) is 9.03. The molecule has 0 atom stereocenters. The first kappa shape index (κ1) is 21.7. The number of carbonyl (C=O) groups is 1. The zero-order chi connectivity index (χ0) is 20.1. The van der Waals surface area contributed by atoms with Gasteiger partial charge in [0, 0.05) is 13.1 Å². The fourth-order valence-electron chi connectivity index (χ4n) is 2.86. The van der Waals surface area contributed by atoms with Gasteiger partial charge in [-0.3, -0.25) is 9.61 Å². The number of benzene rings is 1. The Hall–Kier alpha value is -1.64. The van der Waals surface area contributed by atoms with Crippen LogP contribution in [0, 0.1) is 12.8 Å².